The van der Waals surface area contributed by atoms with Gasteiger partial charge < -0.3 is 4.90 Å². The minimum atomic E-state index is -0.227. The van der Waals surface area contributed by atoms with Crippen LogP contribution in [0.1, 0.15) is 48.6 Å². The van der Waals surface area contributed by atoms with E-state index in [2.05, 4.69) is 215 Å². The topological polar surface area (TPSA) is 3.24 Å². The van der Waals surface area contributed by atoms with Gasteiger partial charge >= 0.3 is 0 Å². The fourth-order valence-corrected chi connectivity index (χ4v) is 11.6. The van der Waals surface area contributed by atoms with Crippen LogP contribution < -0.4 is 4.90 Å². The molecule has 0 aliphatic heterocycles. The summed E-state index contributed by atoms with van der Waals surface area (Å²) in [5.41, 5.74) is 18.0. The molecule has 1 saturated carbocycles. The SMILES string of the molecule is Cc1ccc(-c2ccc(N(c3ccc4c(c3)C(C)(C)c3ccccc3-4)c3ccc4c(c3)C3(c5ccccc5-4)C4C=CC=CC4C4C=CC=CC43C)cc2)cc1. The summed E-state index contributed by atoms with van der Waals surface area (Å²) in [4.78, 5) is 2.51. The van der Waals surface area contributed by atoms with Crippen molar-refractivity contribution in [1.82, 2.24) is 0 Å². The molecule has 1 heteroatoms. The van der Waals surface area contributed by atoms with Gasteiger partial charge in [-0.15, -0.1) is 0 Å². The first-order chi connectivity index (χ1) is 26.8. The van der Waals surface area contributed by atoms with Crippen molar-refractivity contribution in [2.75, 3.05) is 4.90 Å². The molecule has 1 spiro atoms. The molecule has 6 aromatic rings. The highest BCUT2D eigenvalue weighted by Crippen LogP contribution is 2.73. The predicted molar refractivity (Wildman–Crippen MR) is 230 cm³/mol. The lowest BCUT2D eigenvalue weighted by Crippen LogP contribution is -2.44. The van der Waals surface area contributed by atoms with E-state index >= 15 is 0 Å². The van der Waals surface area contributed by atoms with E-state index in [1.807, 2.05) is 0 Å². The van der Waals surface area contributed by atoms with Crippen molar-refractivity contribution >= 4 is 17.1 Å². The first-order valence-corrected chi connectivity index (χ1v) is 20.0. The van der Waals surface area contributed by atoms with Gasteiger partial charge in [0.15, 0.2) is 0 Å². The summed E-state index contributed by atoms with van der Waals surface area (Å²) >= 11 is 0. The van der Waals surface area contributed by atoms with Crippen molar-refractivity contribution in [1.29, 1.82) is 0 Å². The molecule has 5 atom stereocenters. The van der Waals surface area contributed by atoms with Gasteiger partial charge in [-0.05, 0) is 117 Å². The Morgan fingerprint density at radius 2 is 0.982 bits per heavy atom. The van der Waals surface area contributed by atoms with Gasteiger partial charge in [0.05, 0.1) is 0 Å². The Morgan fingerprint density at radius 3 is 1.71 bits per heavy atom. The van der Waals surface area contributed by atoms with E-state index in [0.29, 0.717) is 17.8 Å². The van der Waals surface area contributed by atoms with Crippen LogP contribution >= 0.6 is 0 Å². The number of benzene rings is 6. The molecule has 5 aliphatic carbocycles. The molecule has 0 heterocycles. The second kappa shape index (κ2) is 11.5. The van der Waals surface area contributed by atoms with E-state index in [-0.39, 0.29) is 16.2 Å². The third-order valence-corrected chi connectivity index (χ3v) is 14.2. The summed E-state index contributed by atoms with van der Waals surface area (Å²) in [5.74, 6) is 1.15. The van der Waals surface area contributed by atoms with Crippen LogP contribution in [0, 0.1) is 30.1 Å². The lowest BCUT2D eigenvalue weighted by Gasteiger charge is -2.47. The molecule has 0 bridgehead atoms. The van der Waals surface area contributed by atoms with Crippen LogP contribution in [0.2, 0.25) is 0 Å². The molecular weight excluding hydrogens is 663 g/mol. The van der Waals surface area contributed by atoms with Crippen molar-refractivity contribution in [3.05, 3.63) is 210 Å². The minimum absolute atomic E-state index is 0.101. The maximum Gasteiger partial charge on any atom is 0.0465 e. The number of allylic oxidation sites excluding steroid dienone is 8. The first-order valence-electron chi connectivity index (χ1n) is 20.0. The van der Waals surface area contributed by atoms with Crippen molar-refractivity contribution in [3.8, 4) is 33.4 Å². The highest BCUT2D eigenvalue weighted by atomic mass is 15.1. The third kappa shape index (κ3) is 4.30. The first kappa shape index (κ1) is 32.5. The molecule has 0 amide bonds. The number of rotatable bonds is 4. The van der Waals surface area contributed by atoms with Crippen LogP contribution in [0.25, 0.3) is 33.4 Å². The summed E-state index contributed by atoms with van der Waals surface area (Å²) in [6.07, 6.45) is 19.2. The summed E-state index contributed by atoms with van der Waals surface area (Å²) in [7, 11) is 0. The van der Waals surface area contributed by atoms with Crippen molar-refractivity contribution in [2.45, 2.75) is 38.5 Å². The largest absolute Gasteiger partial charge is 0.310 e. The minimum Gasteiger partial charge on any atom is -0.310 e. The zero-order valence-corrected chi connectivity index (χ0v) is 32.0. The maximum absolute atomic E-state index is 2.57. The highest BCUT2D eigenvalue weighted by molar-refractivity contribution is 5.89. The zero-order valence-electron chi connectivity index (χ0n) is 32.0. The number of aryl methyl sites for hydroxylation is 1. The van der Waals surface area contributed by atoms with E-state index in [4.69, 9.17) is 0 Å². The van der Waals surface area contributed by atoms with Crippen LogP contribution in [0.4, 0.5) is 17.1 Å². The van der Waals surface area contributed by atoms with Gasteiger partial charge in [0.25, 0.3) is 0 Å². The molecule has 11 rings (SSSR count). The van der Waals surface area contributed by atoms with E-state index in [1.165, 1.54) is 72.6 Å². The highest BCUT2D eigenvalue weighted by Gasteiger charge is 2.68. The fourth-order valence-electron chi connectivity index (χ4n) is 11.6. The van der Waals surface area contributed by atoms with Gasteiger partial charge in [-0.2, -0.15) is 0 Å². The van der Waals surface area contributed by atoms with Gasteiger partial charge in [0, 0.05) is 33.3 Å². The van der Waals surface area contributed by atoms with Crippen molar-refractivity contribution in [2.24, 2.45) is 23.2 Å². The predicted octanol–water partition coefficient (Wildman–Crippen LogP) is 13.8. The second-order valence-electron chi connectivity index (χ2n) is 17.2. The molecule has 5 unspecified atom stereocenters. The molecule has 0 saturated heterocycles. The number of hydrogen-bond donors (Lipinski definition) is 0. The van der Waals surface area contributed by atoms with Gasteiger partial charge in [0.2, 0.25) is 0 Å². The van der Waals surface area contributed by atoms with Gasteiger partial charge in [0.1, 0.15) is 0 Å². The van der Waals surface area contributed by atoms with E-state index in [0.717, 1.165) is 5.69 Å². The van der Waals surface area contributed by atoms with Crippen molar-refractivity contribution < 1.29 is 0 Å². The van der Waals surface area contributed by atoms with Gasteiger partial charge in [-0.3, -0.25) is 0 Å². The van der Waals surface area contributed by atoms with Gasteiger partial charge in [-0.25, -0.2) is 0 Å². The summed E-state index contributed by atoms with van der Waals surface area (Å²) < 4.78 is 0. The lowest BCUT2D eigenvalue weighted by molar-refractivity contribution is 0.235. The summed E-state index contributed by atoms with van der Waals surface area (Å²) in [5, 5.41) is 0. The van der Waals surface area contributed by atoms with Crippen LogP contribution in [0.15, 0.2) is 182 Å². The van der Waals surface area contributed by atoms with Crippen molar-refractivity contribution in [3.63, 3.8) is 0 Å². The zero-order chi connectivity index (χ0) is 37.1. The maximum atomic E-state index is 2.57. The quantitative estimate of drug-likeness (QED) is 0.176. The van der Waals surface area contributed by atoms with E-state index in [9.17, 15) is 0 Å². The number of nitrogens with zero attached hydrogens (tertiary/aromatic N) is 1. The monoisotopic (exact) mass is 707 g/mol. The second-order valence-corrected chi connectivity index (χ2v) is 17.2. The normalized spacial score (nSPS) is 25.3. The fraction of sp³-hybridized carbons (Fsp3) is 0.185. The number of anilines is 3. The molecule has 0 N–H and O–H groups in total. The standard InChI is InChI=1S/C54H45N/c1-35-20-22-36(23-21-35)37-24-26-38(27-25-37)55(39-28-30-43-41-13-5-8-16-46(41)52(2,3)50(43)33-39)40-29-31-44-42-14-6-9-18-48(42)54(51(44)34-40)49-19-10-7-15-45(49)47-17-11-12-32-53(47,54)4/h5-34,45,47,49H,1-4H3. The Morgan fingerprint density at radius 1 is 0.455 bits per heavy atom. The molecule has 5 aliphatic rings. The van der Waals surface area contributed by atoms with E-state index < -0.39 is 0 Å². The Hall–Kier alpha value is -5.92. The molecule has 266 valence electrons. The Balaban J connectivity index is 1.13. The Labute approximate surface area is 325 Å². The van der Waals surface area contributed by atoms with Crippen LogP contribution in [0.3, 0.4) is 0 Å². The summed E-state index contributed by atoms with van der Waals surface area (Å²) in [6, 6.07) is 50.8. The summed E-state index contributed by atoms with van der Waals surface area (Å²) in [6.45, 7) is 9.45. The lowest BCUT2D eigenvalue weighted by atomic mass is 9.55. The Bertz CT molecular complexity index is 2670. The van der Waals surface area contributed by atoms with Crippen LogP contribution in [-0.4, -0.2) is 0 Å². The average Bonchev–Trinajstić information content (AvgIpc) is 3.74. The molecule has 1 nitrogen and oxygen atoms in total. The van der Waals surface area contributed by atoms with Crippen LogP contribution in [0.5, 0.6) is 0 Å². The molecule has 6 aromatic carbocycles. The molecule has 1 fully saturated rings. The smallest absolute Gasteiger partial charge is 0.0465 e. The van der Waals surface area contributed by atoms with Gasteiger partial charge in [-0.1, -0.05) is 172 Å². The Kier molecular flexibility index (Phi) is 6.82. The molecule has 55 heavy (non-hydrogen) atoms. The average molecular weight is 708 g/mol. The third-order valence-electron chi connectivity index (χ3n) is 14.2. The van der Waals surface area contributed by atoms with E-state index in [1.54, 1.807) is 0 Å². The molecule has 0 aromatic heterocycles. The molecule has 0 radical (unpaired) electrons. The number of hydrogen-bond acceptors (Lipinski definition) is 1. The number of fused-ring (bicyclic) bond motifs is 13. The molecular formula is C54H45N. The van der Waals surface area contributed by atoms with Crippen LogP contribution in [-0.2, 0) is 10.8 Å².